The Morgan fingerprint density at radius 3 is 2.63 bits per heavy atom. The molecule has 1 aromatic heterocycles. The molecular weight excluding hydrogens is 345 g/mol. The first-order valence-corrected chi connectivity index (χ1v) is 9.41. The third kappa shape index (κ3) is 7.78. The lowest BCUT2D eigenvalue weighted by atomic mass is 10.2. The quantitative estimate of drug-likeness (QED) is 0.381. The van der Waals surface area contributed by atoms with E-state index in [0.717, 1.165) is 56.5 Å². The SMILES string of the molecule is CN=C(NCCCOCC(C)C)NCCc1ccn(-c2ccc(F)cc2)n1. The van der Waals surface area contributed by atoms with Gasteiger partial charge in [-0.1, -0.05) is 13.8 Å². The Morgan fingerprint density at radius 2 is 1.93 bits per heavy atom. The highest BCUT2D eigenvalue weighted by Crippen LogP contribution is 2.09. The Kier molecular flexibility index (Phi) is 8.77. The molecule has 1 aromatic carbocycles. The number of halogens is 1. The standard InChI is InChI=1S/C20H30FN5O/c1-16(2)15-27-14-4-11-23-20(22-3)24-12-9-18-10-13-26(25-18)19-7-5-17(21)6-8-19/h5-8,10,13,16H,4,9,11-12,14-15H2,1-3H3,(H2,22,23,24). The van der Waals surface area contributed by atoms with E-state index in [4.69, 9.17) is 4.74 Å². The van der Waals surface area contributed by atoms with Gasteiger partial charge < -0.3 is 15.4 Å². The van der Waals surface area contributed by atoms with E-state index < -0.39 is 0 Å². The second-order valence-electron chi connectivity index (χ2n) is 6.73. The van der Waals surface area contributed by atoms with Crippen LogP contribution in [0.4, 0.5) is 4.39 Å². The molecular formula is C20H30FN5O. The molecule has 0 aliphatic rings. The van der Waals surface area contributed by atoms with Crippen LogP contribution in [0.1, 0.15) is 26.0 Å². The molecule has 0 aliphatic carbocycles. The Bertz CT molecular complexity index is 697. The van der Waals surface area contributed by atoms with Gasteiger partial charge >= 0.3 is 0 Å². The van der Waals surface area contributed by atoms with Crippen LogP contribution in [-0.4, -0.2) is 49.1 Å². The van der Waals surface area contributed by atoms with Crippen molar-refractivity contribution in [3.8, 4) is 5.69 Å². The largest absolute Gasteiger partial charge is 0.381 e. The number of aromatic nitrogens is 2. The van der Waals surface area contributed by atoms with Crippen LogP contribution in [0, 0.1) is 11.7 Å². The number of hydrogen-bond acceptors (Lipinski definition) is 3. The molecule has 1 heterocycles. The number of hydrogen-bond donors (Lipinski definition) is 2. The third-order valence-electron chi connectivity index (χ3n) is 3.84. The molecule has 0 fully saturated rings. The van der Waals surface area contributed by atoms with Crippen LogP contribution >= 0.6 is 0 Å². The van der Waals surface area contributed by atoms with Crippen LogP contribution in [0.25, 0.3) is 5.69 Å². The molecule has 0 spiro atoms. The topological polar surface area (TPSA) is 63.5 Å². The number of nitrogens with zero attached hydrogens (tertiary/aromatic N) is 3. The van der Waals surface area contributed by atoms with Crippen molar-refractivity contribution in [3.63, 3.8) is 0 Å². The molecule has 7 heteroatoms. The summed E-state index contributed by atoms with van der Waals surface area (Å²) in [4.78, 5) is 4.22. The molecule has 148 valence electrons. The monoisotopic (exact) mass is 375 g/mol. The number of ether oxygens (including phenoxy) is 1. The third-order valence-corrected chi connectivity index (χ3v) is 3.84. The summed E-state index contributed by atoms with van der Waals surface area (Å²) in [6.45, 7) is 7.39. The minimum atomic E-state index is -0.249. The van der Waals surface area contributed by atoms with Gasteiger partial charge in [0.05, 0.1) is 11.4 Å². The van der Waals surface area contributed by atoms with Crippen LogP contribution in [0.2, 0.25) is 0 Å². The molecule has 0 amide bonds. The molecule has 0 saturated heterocycles. The maximum Gasteiger partial charge on any atom is 0.190 e. The van der Waals surface area contributed by atoms with Crippen LogP contribution in [-0.2, 0) is 11.2 Å². The molecule has 2 N–H and O–H groups in total. The Labute approximate surface area is 160 Å². The van der Waals surface area contributed by atoms with Gasteiger partial charge in [0.1, 0.15) is 5.82 Å². The fourth-order valence-corrected chi connectivity index (χ4v) is 2.46. The highest BCUT2D eigenvalue weighted by atomic mass is 19.1. The van der Waals surface area contributed by atoms with Gasteiger partial charge in [-0.25, -0.2) is 9.07 Å². The van der Waals surface area contributed by atoms with Gasteiger partial charge in [0.15, 0.2) is 5.96 Å². The molecule has 2 aromatic rings. The molecule has 0 unspecified atom stereocenters. The van der Waals surface area contributed by atoms with Crippen LogP contribution < -0.4 is 10.6 Å². The zero-order valence-electron chi connectivity index (χ0n) is 16.4. The van der Waals surface area contributed by atoms with Crippen LogP contribution in [0.15, 0.2) is 41.5 Å². The van der Waals surface area contributed by atoms with Crippen molar-refractivity contribution < 1.29 is 9.13 Å². The summed E-state index contributed by atoms with van der Waals surface area (Å²) in [5.41, 5.74) is 1.80. The van der Waals surface area contributed by atoms with Crippen molar-refractivity contribution in [2.75, 3.05) is 33.4 Å². The van der Waals surface area contributed by atoms with E-state index >= 15 is 0 Å². The first kappa shape index (κ1) is 20.9. The zero-order chi connectivity index (χ0) is 19.5. The smallest absolute Gasteiger partial charge is 0.190 e. The van der Waals surface area contributed by atoms with E-state index in [0.29, 0.717) is 5.92 Å². The summed E-state index contributed by atoms with van der Waals surface area (Å²) >= 11 is 0. The molecule has 2 rings (SSSR count). The lowest BCUT2D eigenvalue weighted by Gasteiger charge is -2.12. The second kappa shape index (κ2) is 11.3. The summed E-state index contributed by atoms with van der Waals surface area (Å²) in [6, 6.07) is 8.25. The van der Waals surface area contributed by atoms with Gasteiger partial charge in [0.2, 0.25) is 0 Å². The number of aliphatic imine (C=N–C) groups is 1. The van der Waals surface area contributed by atoms with Crippen molar-refractivity contribution in [1.82, 2.24) is 20.4 Å². The van der Waals surface area contributed by atoms with E-state index in [2.05, 4.69) is 34.6 Å². The minimum Gasteiger partial charge on any atom is -0.381 e. The molecule has 0 bridgehead atoms. The van der Waals surface area contributed by atoms with E-state index in [1.54, 1.807) is 23.9 Å². The molecule has 27 heavy (non-hydrogen) atoms. The highest BCUT2D eigenvalue weighted by molar-refractivity contribution is 5.79. The maximum atomic E-state index is 13.0. The first-order chi connectivity index (χ1) is 13.1. The van der Waals surface area contributed by atoms with E-state index in [1.807, 2.05) is 12.3 Å². The summed E-state index contributed by atoms with van der Waals surface area (Å²) in [7, 11) is 1.76. The van der Waals surface area contributed by atoms with Gasteiger partial charge in [0, 0.05) is 46.0 Å². The van der Waals surface area contributed by atoms with Crippen molar-refractivity contribution in [3.05, 3.63) is 48.0 Å². The van der Waals surface area contributed by atoms with Crippen molar-refractivity contribution in [2.24, 2.45) is 10.9 Å². The van der Waals surface area contributed by atoms with E-state index in [-0.39, 0.29) is 5.82 Å². The Hall–Kier alpha value is -2.41. The highest BCUT2D eigenvalue weighted by Gasteiger charge is 2.03. The molecule has 0 aliphatic heterocycles. The van der Waals surface area contributed by atoms with Gasteiger partial charge in [-0.05, 0) is 42.7 Å². The predicted molar refractivity (Wildman–Crippen MR) is 107 cm³/mol. The predicted octanol–water partition coefficient (Wildman–Crippen LogP) is 2.78. The number of guanidine groups is 1. The van der Waals surface area contributed by atoms with E-state index in [9.17, 15) is 4.39 Å². The summed E-state index contributed by atoms with van der Waals surface area (Å²) in [5.74, 6) is 1.09. The summed E-state index contributed by atoms with van der Waals surface area (Å²) in [6.07, 6.45) is 3.59. The van der Waals surface area contributed by atoms with Gasteiger partial charge in [-0.15, -0.1) is 0 Å². The van der Waals surface area contributed by atoms with Gasteiger partial charge in [-0.3, -0.25) is 4.99 Å². The number of nitrogens with one attached hydrogen (secondary N) is 2. The van der Waals surface area contributed by atoms with E-state index in [1.165, 1.54) is 12.1 Å². The lowest BCUT2D eigenvalue weighted by Crippen LogP contribution is -2.39. The molecule has 0 saturated carbocycles. The minimum absolute atomic E-state index is 0.249. The second-order valence-corrected chi connectivity index (χ2v) is 6.73. The summed E-state index contributed by atoms with van der Waals surface area (Å²) in [5, 5.41) is 11.1. The molecule has 6 nitrogen and oxygen atoms in total. The average Bonchev–Trinajstić information content (AvgIpc) is 3.12. The van der Waals surface area contributed by atoms with Crippen molar-refractivity contribution >= 4 is 5.96 Å². The van der Waals surface area contributed by atoms with Crippen molar-refractivity contribution in [1.29, 1.82) is 0 Å². The average molecular weight is 375 g/mol. The number of benzene rings is 1. The first-order valence-electron chi connectivity index (χ1n) is 9.41. The molecule has 0 radical (unpaired) electrons. The zero-order valence-corrected chi connectivity index (χ0v) is 16.4. The number of rotatable bonds is 10. The maximum absolute atomic E-state index is 13.0. The van der Waals surface area contributed by atoms with Gasteiger partial charge in [-0.2, -0.15) is 5.10 Å². The van der Waals surface area contributed by atoms with Crippen molar-refractivity contribution in [2.45, 2.75) is 26.7 Å². The Morgan fingerprint density at radius 1 is 1.19 bits per heavy atom. The lowest BCUT2D eigenvalue weighted by molar-refractivity contribution is 0.108. The molecule has 0 atom stereocenters. The summed E-state index contributed by atoms with van der Waals surface area (Å²) < 4.78 is 20.3. The van der Waals surface area contributed by atoms with Crippen LogP contribution in [0.3, 0.4) is 0 Å². The van der Waals surface area contributed by atoms with Gasteiger partial charge in [0.25, 0.3) is 0 Å². The normalized spacial score (nSPS) is 11.8. The Balaban J connectivity index is 1.66. The fourth-order valence-electron chi connectivity index (χ4n) is 2.46. The fraction of sp³-hybridized carbons (Fsp3) is 0.500. The van der Waals surface area contributed by atoms with Crippen LogP contribution in [0.5, 0.6) is 0 Å².